The number of carbonyl (C=O) groups excluding carboxylic acids is 1. The summed E-state index contributed by atoms with van der Waals surface area (Å²) in [6, 6.07) is 7.54. The van der Waals surface area contributed by atoms with Crippen LogP contribution in [0.3, 0.4) is 0 Å². The SMILES string of the molecule is CN(CC1CCCNC1)C(=O)Cc1ccccc1Cl. The van der Waals surface area contributed by atoms with Crippen molar-refractivity contribution in [3.8, 4) is 0 Å². The van der Waals surface area contributed by atoms with E-state index in [1.165, 1.54) is 12.8 Å². The van der Waals surface area contributed by atoms with E-state index in [9.17, 15) is 4.79 Å². The van der Waals surface area contributed by atoms with Crippen LogP contribution < -0.4 is 5.32 Å². The van der Waals surface area contributed by atoms with Crippen LogP contribution in [-0.4, -0.2) is 37.5 Å². The van der Waals surface area contributed by atoms with Crippen molar-refractivity contribution in [1.29, 1.82) is 0 Å². The number of nitrogens with zero attached hydrogens (tertiary/aromatic N) is 1. The second kappa shape index (κ2) is 6.92. The van der Waals surface area contributed by atoms with E-state index < -0.39 is 0 Å². The highest BCUT2D eigenvalue weighted by Gasteiger charge is 2.18. The van der Waals surface area contributed by atoms with Gasteiger partial charge >= 0.3 is 0 Å². The molecule has 1 N–H and O–H groups in total. The standard InChI is InChI=1S/C15H21ClN2O/c1-18(11-12-5-4-8-17-10-12)15(19)9-13-6-2-3-7-14(13)16/h2-3,6-7,12,17H,4-5,8-11H2,1H3. The Morgan fingerprint density at radius 3 is 2.95 bits per heavy atom. The fourth-order valence-corrected chi connectivity index (χ4v) is 2.71. The molecule has 0 radical (unpaired) electrons. The number of carbonyl (C=O) groups is 1. The molecule has 2 rings (SSSR count). The molecule has 1 aromatic carbocycles. The van der Waals surface area contributed by atoms with Crippen molar-refractivity contribution in [3.63, 3.8) is 0 Å². The Morgan fingerprint density at radius 1 is 1.47 bits per heavy atom. The predicted molar refractivity (Wildman–Crippen MR) is 78.4 cm³/mol. The van der Waals surface area contributed by atoms with Crippen molar-refractivity contribution in [1.82, 2.24) is 10.2 Å². The van der Waals surface area contributed by atoms with Crippen LogP contribution in [0.1, 0.15) is 18.4 Å². The van der Waals surface area contributed by atoms with Gasteiger partial charge in [0.15, 0.2) is 0 Å². The van der Waals surface area contributed by atoms with Crippen LogP contribution in [0, 0.1) is 5.92 Å². The molecule has 1 aromatic rings. The summed E-state index contributed by atoms with van der Waals surface area (Å²) < 4.78 is 0. The van der Waals surface area contributed by atoms with E-state index in [-0.39, 0.29) is 5.91 Å². The lowest BCUT2D eigenvalue weighted by Gasteiger charge is -2.27. The van der Waals surface area contributed by atoms with Gasteiger partial charge in [-0.15, -0.1) is 0 Å². The van der Waals surface area contributed by atoms with Crippen LogP contribution in [0.5, 0.6) is 0 Å². The normalized spacial score (nSPS) is 19.2. The molecule has 1 saturated heterocycles. The molecule has 3 nitrogen and oxygen atoms in total. The Hall–Kier alpha value is -1.06. The maximum atomic E-state index is 12.2. The molecule has 1 fully saturated rings. The number of nitrogens with one attached hydrogen (secondary N) is 1. The van der Waals surface area contributed by atoms with Crippen LogP contribution in [0.15, 0.2) is 24.3 Å². The minimum absolute atomic E-state index is 0.138. The second-order valence-electron chi connectivity index (χ2n) is 5.25. The lowest BCUT2D eigenvalue weighted by molar-refractivity contribution is -0.129. The van der Waals surface area contributed by atoms with Gasteiger partial charge in [0.05, 0.1) is 6.42 Å². The second-order valence-corrected chi connectivity index (χ2v) is 5.66. The molecular formula is C15H21ClN2O. The quantitative estimate of drug-likeness (QED) is 0.918. The first-order valence-electron chi connectivity index (χ1n) is 6.85. The van der Waals surface area contributed by atoms with Crippen molar-refractivity contribution < 1.29 is 4.79 Å². The van der Waals surface area contributed by atoms with Gasteiger partial charge in [-0.25, -0.2) is 0 Å². The number of hydrogen-bond acceptors (Lipinski definition) is 2. The first kappa shape index (κ1) is 14.4. The molecule has 0 saturated carbocycles. The van der Waals surface area contributed by atoms with Crippen molar-refractivity contribution in [3.05, 3.63) is 34.9 Å². The summed E-state index contributed by atoms with van der Waals surface area (Å²) in [7, 11) is 1.88. The number of amides is 1. The lowest BCUT2D eigenvalue weighted by Crippen LogP contribution is -2.39. The van der Waals surface area contributed by atoms with Gasteiger partial charge in [-0.3, -0.25) is 4.79 Å². The lowest BCUT2D eigenvalue weighted by atomic mass is 9.99. The predicted octanol–water partition coefficient (Wildman–Crippen LogP) is 2.34. The summed E-state index contributed by atoms with van der Waals surface area (Å²) in [6.07, 6.45) is 2.80. The van der Waals surface area contributed by atoms with Crippen molar-refractivity contribution in [2.45, 2.75) is 19.3 Å². The van der Waals surface area contributed by atoms with Crippen LogP contribution in [0.25, 0.3) is 0 Å². The highest BCUT2D eigenvalue weighted by atomic mass is 35.5. The van der Waals surface area contributed by atoms with E-state index in [1.54, 1.807) is 0 Å². The maximum Gasteiger partial charge on any atom is 0.226 e. The van der Waals surface area contributed by atoms with E-state index >= 15 is 0 Å². The van der Waals surface area contributed by atoms with E-state index in [0.29, 0.717) is 17.4 Å². The molecule has 0 aliphatic carbocycles. The van der Waals surface area contributed by atoms with Crippen molar-refractivity contribution >= 4 is 17.5 Å². The molecular weight excluding hydrogens is 260 g/mol. The smallest absolute Gasteiger partial charge is 0.226 e. The molecule has 1 heterocycles. The van der Waals surface area contributed by atoms with Crippen LogP contribution in [-0.2, 0) is 11.2 Å². The number of benzene rings is 1. The zero-order valence-electron chi connectivity index (χ0n) is 11.4. The summed E-state index contributed by atoms with van der Waals surface area (Å²) in [5.41, 5.74) is 0.905. The molecule has 1 aliphatic rings. The average molecular weight is 281 g/mol. The van der Waals surface area contributed by atoms with E-state index in [2.05, 4.69) is 5.32 Å². The van der Waals surface area contributed by atoms with Gasteiger partial charge in [-0.1, -0.05) is 29.8 Å². The zero-order chi connectivity index (χ0) is 13.7. The Kier molecular flexibility index (Phi) is 5.23. The molecule has 0 spiro atoms. The summed E-state index contributed by atoms with van der Waals surface area (Å²) in [5, 5.41) is 4.05. The minimum Gasteiger partial charge on any atom is -0.345 e. The first-order valence-corrected chi connectivity index (χ1v) is 7.22. The van der Waals surface area contributed by atoms with Gasteiger partial charge in [0.1, 0.15) is 0 Å². The molecule has 0 aromatic heterocycles. The third-order valence-corrected chi connectivity index (χ3v) is 4.02. The Balaban J connectivity index is 1.87. The van der Waals surface area contributed by atoms with E-state index in [4.69, 9.17) is 11.6 Å². The zero-order valence-corrected chi connectivity index (χ0v) is 12.1. The highest BCUT2D eigenvalue weighted by molar-refractivity contribution is 6.31. The molecule has 1 amide bonds. The summed E-state index contributed by atoms with van der Waals surface area (Å²) in [4.78, 5) is 14.0. The topological polar surface area (TPSA) is 32.3 Å². The fraction of sp³-hybridized carbons (Fsp3) is 0.533. The summed E-state index contributed by atoms with van der Waals surface area (Å²) in [5.74, 6) is 0.715. The summed E-state index contributed by atoms with van der Waals surface area (Å²) in [6.45, 7) is 2.95. The largest absolute Gasteiger partial charge is 0.345 e. The van der Waals surface area contributed by atoms with E-state index in [1.807, 2.05) is 36.2 Å². The van der Waals surface area contributed by atoms with Gasteiger partial charge in [0.2, 0.25) is 5.91 Å². The number of rotatable bonds is 4. The van der Waals surface area contributed by atoms with Crippen molar-refractivity contribution in [2.24, 2.45) is 5.92 Å². The van der Waals surface area contributed by atoms with E-state index in [0.717, 1.165) is 25.2 Å². The number of piperidine rings is 1. The Labute approximate surface area is 119 Å². The Morgan fingerprint density at radius 2 is 2.26 bits per heavy atom. The fourth-order valence-electron chi connectivity index (χ4n) is 2.51. The van der Waals surface area contributed by atoms with Crippen LogP contribution in [0.2, 0.25) is 5.02 Å². The first-order chi connectivity index (χ1) is 9.16. The van der Waals surface area contributed by atoms with Crippen LogP contribution >= 0.6 is 11.6 Å². The third kappa shape index (κ3) is 4.22. The molecule has 0 bridgehead atoms. The van der Waals surface area contributed by atoms with Gasteiger partial charge in [0, 0.05) is 18.6 Å². The van der Waals surface area contributed by atoms with Gasteiger partial charge in [-0.2, -0.15) is 0 Å². The molecule has 1 aliphatic heterocycles. The molecule has 19 heavy (non-hydrogen) atoms. The van der Waals surface area contributed by atoms with Crippen molar-refractivity contribution in [2.75, 3.05) is 26.7 Å². The maximum absolute atomic E-state index is 12.2. The molecule has 4 heteroatoms. The Bertz CT molecular complexity index is 430. The molecule has 1 unspecified atom stereocenters. The molecule has 104 valence electrons. The number of hydrogen-bond donors (Lipinski definition) is 1. The minimum atomic E-state index is 0.138. The third-order valence-electron chi connectivity index (χ3n) is 3.66. The number of likely N-dealkylation sites (N-methyl/N-ethyl adjacent to an activating group) is 1. The number of halogens is 1. The van der Waals surface area contributed by atoms with Gasteiger partial charge in [0.25, 0.3) is 0 Å². The monoisotopic (exact) mass is 280 g/mol. The molecule has 1 atom stereocenters. The van der Waals surface area contributed by atoms with Gasteiger partial charge < -0.3 is 10.2 Å². The van der Waals surface area contributed by atoms with Crippen LogP contribution in [0.4, 0.5) is 0 Å². The summed E-state index contributed by atoms with van der Waals surface area (Å²) >= 11 is 6.08. The van der Waals surface area contributed by atoms with Gasteiger partial charge in [-0.05, 0) is 43.5 Å². The average Bonchev–Trinajstić information content (AvgIpc) is 2.42. The highest BCUT2D eigenvalue weighted by Crippen LogP contribution is 2.17.